The molecule has 2 unspecified atom stereocenters. The third kappa shape index (κ3) is 3.46. The quantitative estimate of drug-likeness (QED) is 0.831. The maximum absolute atomic E-state index is 12.7. The Balaban J connectivity index is 2.14. The number of hydrogen-bond donors (Lipinski definition) is 2. The molecule has 2 N–H and O–H groups in total. The summed E-state index contributed by atoms with van der Waals surface area (Å²) in [5, 5.41) is 3.69. The molecule has 2 rings (SSSR count). The zero-order valence-electron chi connectivity index (χ0n) is 13.1. The van der Waals surface area contributed by atoms with Crippen LogP contribution in [-0.2, 0) is 16.4 Å². The summed E-state index contributed by atoms with van der Waals surface area (Å²) in [6, 6.07) is 0.416. The minimum absolute atomic E-state index is 0.219. The van der Waals surface area contributed by atoms with Gasteiger partial charge >= 0.3 is 0 Å². The second-order valence-corrected chi connectivity index (χ2v) is 7.44. The summed E-state index contributed by atoms with van der Waals surface area (Å²) in [4.78, 5) is 7.02. The van der Waals surface area contributed by atoms with Crippen LogP contribution in [0.4, 0.5) is 0 Å². The Morgan fingerprint density at radius 3 is 2.76 bits per heavy atom. The van der Waals surface area contributed by atoms with E-state index in [2.05, 4.69) is 29.1 Å². The van der Waals surface area contributed by atoms with Gasteiger partial charge in [-0.15, -0.1) is 0 Å². The van der Waals surface area contributed by atoms with E-state index in [1.54, 1.807) is 4.31 Å². The number of aryl methyl sites for hydroxylation is 1. The van der Waals surface area contributed by atoms with Gasteiger partial charge in [-0.2, -0.15) is 4.31 Å². The van der Waals surface area contributed by atoms with Gasteiger partial charge in [0, 0.05) is 25.6 Å². The second-order valence-electron chi connectivity index (χ2n) is 5.53. The van der Waals surface area contributed by atoms with Gasteiger partial charge in [0.15, 0.2) is 5.03 Å². The van der Waals surface area contributed by atoms with Gasteiger partial charge < -0.3 is 10.3 Å². The number of hydrogen-bond acceptors (Lipinski definition) is 4. The van der Waals surface area contributed by atoms with Crippen LogP contribution in [0, 0.1) is 5.92 Å². The Labute approximate surface area is 127 Å². The SMILES string of the molecule is CCNC1CCN(S(=O)(=O)c2cnc(CC)[nH]2)CC1CC. The number of H-pyrrole nitrogens is 1. The number of rotatable bonds is 6. The largest absolute Gasteiger partial charge is 0.332 e. The zero-order valence-corrected chi connectivity index (χ0v) is 13.9. The number of nitrogens with zero attached hydrogens (tertiary/aromatic N) is 2. The number of piperidine rings is 1. The highest BCUT2D eigenvalue weighted by Crippen LogP contribution is 2.25. The van der Waals surface area contributed by atoms with E-state index in [1.807, 2.05) is 6.92 Å². The van der Waals surface area contributed by atoms with Crippen LogP contribution in [0.15, 0.2) is 11.2 Å². The molecule has 1 saturated heterocycles. The van der Waals surface area contributed by atoms with Crippen LogP contribution in [0.3, 0.4) is 0 Å². The van der Waals surface area contributed by atoms with E-state index in [0.717, 1.165) is 19.4 Å². The lowest BCUT2D eigenvalue weighted by Crippen LogP contribution is -2.50. The molecular formula is C14H26N4O2S. The first-order chi connectivity index (χ1) is 10.0. The van der Waals surface area contributed by atoms with Gasteiger partial charge in [-0.3, -0.25) is 0 Å². The summed E-state index contributed by atoms with van der Waals surface area (Å²) in [6.45, 7) is 8.23. The van der Waals surface area contributed by atoms with Gasteiger partial charge in [0.2, 0.25) is 0 Å². The van der Waals surface area contributed by atoms with Crippen LogP contribution in [0.5, 0.6) is 0 Å². The summed E-state index contributed by atoms with van der Waals surface area (Å²) in [6.07, 6.45) is 3.98. The highest BCUT2D eigenvalue weighted by molar-refractivity contribution is 7.89. The molecule has 1 aromatic rings. The molecule has 0 saturated carbocycles. The van der Waals surface area contributed by atoms with Crippen molar-refractivity contribution in [2.45, 2.75) is 51.1 Å². The lowest BCUT2D eigenvalue weighted by molar-refractivity contribution is 0.204. The number of imidazole rings is 1. The van der Waals surface area contributed by atoms with Crippen molar-refractivity contribution >= 4 is 10.0 Å². The first-order valence-electron chi connectivity index (χ1n) is 7.80. The summed E-state index contributed by atoms with van der Waals surface area (Å²) in [7, 11) is -3.45. The molecule has 1 aromatic heterocycles. The van der Waals surface area contributed by atoms with E-state index < -0.39 is 10.0 Å². The average molecular weight is 314 g/mol. The normalized spacial score (nSPS) is 24.3. The Kier molecular flexibility index (Phi) is 5.40. The third-order valence-electron chi connectivity index (χ3n) is 4.25. The molecular weight excluding hydrogens is 288 g/mol. The van der Waals surface area contributed by atoms with Crippen molar-refractivity contribution in [1.29, 1.82) is 0 Å². The minimum Gasteiger partial charge on any atom is -0.332 e. The molecule has 1 aliphatic rings. The van der Waals surface area contributed by atoms with Gasteiger partial charge in [-0.1, -0.05) is 27.2 Å². The molecule has 120 valence electrons. The summed E-state index contributed by atoms with van der Waals surface area (Å²) in [5.41, 5.74) is 0. The molecule has 1 fully saturated rings. The van der Waals surface area contributed by atoms with E-state index in [1.165, 1.54) is 6.20 Å². The predicted octanol–water partition coefficient (Wildman–Crippen LogP) is 1.37. The second kappa shape index (κ2) is 6.89. The molecule has 0 spiro atoms. The highest BCUT2D eigenvalue weighted by Gasteiger charge is 2.35. The average Bonchev–Trinajstić information content (AvgIpc) is 2.97. The van der Waals surface area contributed by atoms with Crippen molar-refractivity contribution in [3.05, 3.63) is 12.0 Å². The molecule has 0 aliphatic carbocycles. The smallest absolute Gasteiger partial charge is 0.260 e. The van der Waals surface area contributed by atoms with Crippen molar-refractivity contribution in [3.8, 4) is 0 Å². The van der Waals surface area contributed by atoms with Crippen LogP contribution < -0.4 is 5.32 Å². The first-order valence-corrected chi connectivity index (χ1v) is 9.24. The van der Waals surface area contributed by atoms with Crippen LogP contribution >= 0.6 is 0 Å². The molecule has 1 aliphatic heterocycles. The maximum Gasteiger partial charge on any atom is 0.260 e. The Bertz CT molecular complexity index is 555. The van der Waals surface area contributed by atoms with E-state index in [0.29, 0.717) is 37.3 Å². The van der Waals surface area contributed by atoms with Gasteiger partial charge in [0.05, 0.1) is 6.20 Å². The standard InChI is InChI=1S/C14H26N4O2S/c1-4-11-10-18(8-7-12(11)15-6-3)21(19,20)14-9-16-13(5-2)17-14/h9,11-12,15H,4-8,10H2,1-3H3,(H,16,17). The Hall–Kier alpha value is -0.920. The van der Waals surface area contributed by atoms with Crippen molar-refractivity contribution in [1.82, 2.24) is 19.6 Å². The van der Waals surface area contributed by atoms with Crippen molar-refractivity contribution in [3.63, 3.8) is 0 Å². The van der Waals surface area contributed by atoms with Crippen LogP contribution in [0.2, 0.25) is 0 Å². The van der Waals surface area contributed by atoms with Gasteiger partial charge in [0.25, 0.3) is 10.0 Å². The molecule has 2 heterocycles. The third-order valence-corrected chi connectivity index (χ3v) is 6.02. The fourth-order valence-corrected chi connectivity index (χ4v) is 4.40. The van der Waals surface area contributed by atoms with Gasteiger partial charge in [-0.05, 0) is 18.9 Å². The number of nitrogens with one attached hydrogen (secondary N) is 2. The maximum atomic E-state index is 12.7. The number of aromatic nitrogens is 2. The zero-order chi connectivity index (χ0) is 15.5. The molecule has 7 heteroatoms. The minimum atomic E-state index is -3.45. The lowest BCUT2D eigenvalue weighted by atomic mass is 9.91. The van der Waals surface area contributed by atoms with Crippen molar-refractivity contribution in [2.75, 3.05) is 19.6 Å². The van der Waals surface area contributed by atoms with E-state index >= 15 is 0 Å². The highest BCUT2D eigenvalue weighted by atomic mass is 32.2. The molecule has 0 radical (unpaired) electrons. The fourth-order valence-electron chi connectivity index (χ4n) is 2.95. The molecule has 21 heavy (non-hydrogen) atoms. The van der Waals surface area contributed by atoms with Crippen molar-refractivity contribution < 1.29 is 8.42 Å². The van der Waals surface area contributed by atoms with E-state index in [9.17, 15) is 8.42 Å². The van der Waals surface area contributed by atoms with Gasteiger partial charge in [0.1, 0.15) is 5.82 Å². The molecule has 0 bridgehead atoms. The van der Waals surface area contributed by atoms with Crippen molar-refractivity contribution in [2.24, 2.45) is 5.92 Å². The molecule has 2 atom stereocenters. The summed E-state index contributed by atoms with van der Waals surface area (Å²) in [5.74, 6) is 1.07. The molecule has 0 amide bonds. The van der Waals surface area contributed by atoms with Gasteiger partial charge in [-0.25, -0.2) is 13.4 Å². The molecule has 0 aromatic carbocycles. The number of sulfonamides is 1. The Morgan fingerprint density at radius 2 is 2.19 bits per heavy atom. The Morgan fingerprint density at radius 1 is 1.43 bits per heavy atom. The summed E-state index contributed by atoms with van der Waals surface area (Å²) >= 11 is 0. The van der Waals surface area contributed by atoms with Crippen LogP contribution in [-0.4, -0.2) is 48.4 Å². The first kappa shape index (κ1) is 16.5. The molecule has 6 nitrogen and oxygen atoms in total. The number of aromatic amines is 1. The summed E-state index contributed by atoms with van der Waals surface area (Å²) < 4.78 is 27.0. The van der Waals surface area contributed by atoms with E-state index in [-0.39, 0.29) is 5.03 Å². The monoisotopic (exact) mass is 314 g/mol. The van der Waals surface area contributed by atoms with Crippen LogP contribution in [0.1, 0.15) is 39.4 Å². The lowest BCUT2D eigenvalue weighted by Gasteiger charge is -2.37. The topological polar surface area (TPSA) is 78.1 Å². The van der Waals surface area contributed by atoms with Crippen LogP contribution in [0.25, 0.3) is 0 Å². The fraction of sp³-hybridized carbons (Fsp3) is 0.786. The predicted molar refractivity (Wildman–Crippen MR) is 82.6 cm³/mol. The van der Waals surface area contributed by atoms with E-state index in [4.69, 9.17) is 0 Å².